The highest BCUT2D eigenvalue weighted by molar-refractivity contribution is 5.96. The Balaban J connectivity index is 1.89. The molecule has 1 aromatic carbocycles. The number of carbonyl (C=O) groups excluding carboxylic acids is 1. The van der Waals surface area contributed by atoms with E-state index in [1.54, 1.807) is 53.7 Å². The van der Waals surface area contributed by atoms with Crippen LogP contribution in [0.2, 0.25) is 0 Å². The number of carboxylic acids is 1. The number of amides is 1. The first-order valence-electron chi connectivity index (χ1n) is 10.9. The van der Waals surface area contributed by atoms with Crippen molar-refractivity contribution < 1.29 is 19.4 Å². The van der Waals surface area contributed by atoms with Crippen molar-refractivity contribution in [3.8, 4) is 5.69 Å². The summed E-state index contributed by atoms with van der Waals surface area (Å²) >= 11 is 0. The molecule has 3 heterocycles. The van der Waals surface area contributed by atoms with Crippen LogP contribution in [0, 0.1) is 0 Å². The predicted octanol–water partition coefficient (Wildman–Crippen LogP) is 2.02. The van der Waals surface area contributed by atoms with Crippen molar-refractivity contribution in [1.29, 1.82) is 0 Å². The highest BCUT2D eigenvalue weighted by Crippen LogP contribution is 2.29. The maximum atomic E-state index is 13.5. The average Bonchev–Trinajstić information content (AvgIpc) is 2.85. The summed E-state index contributed by atoms with van der Waals surface area (Å²) in [6, 6.07) is 11.6. The van der Waals surface area contributed by atoms with Crippen LogP contribution < -0.4 is 21.1 Å². The summed E-state index contributed by atoms with van der Waals surface area (Å²) in [5.41, 5.74) is 6.00. The van der Waals surface area contributed by atoms with Gasteiger partial charge in [0.25, 0.3) is 5.56 Å². The Kier molecular flexibility index (Phi) is 6.60. The molecule has 0 unspecified atom stereocenters. The normalized spacial score (nSPS) is 13.5. The van der Waals surface area contributed by atoms with Gasteiger partial charge >= 0.3 is 5.97 Å². The lowest BCUT2D eigenvalue weighted by atomic mass is 10.1. The molecule has 0 aliphatic carbocycles. The number of morpholine rings is 1. The van der Waals surface area contributed by atoms with Gasteiger partial charge in [0, 0.05) is 37.6 Å². The van der Waals surface area contributed by atoms with E-state index in [4.69, 9.17) is 10.5 Å². The lowest BCUT2D eigenvalue weighted by molar-refractivity contribution is 0.0695. The van der Waals surface area contributed by atoms with E-state index in [9.17, 15) is 19.5 Å². The molecule has 10 heteroatoms. The van der Waals surface area contributed by atoms with Crippen LogP contribution >= 0.6 is 0 Å². The molecule has 34 heavy (non-hydrogen) atoms. The fourth-order valence-electron chi connectivity index (χ4n) is 4.05. The second kappa shape index (κ2) is 9.75. The number of nitrogens with two attached hydrogens (primary N) is 1. The number of anilines is 3. The van der Waals surface area contributed by atoms with Gasteiger partial charge in [-0.25, -0.2) is 9.78 Å². The molecule has 1 saturated heterocycles. The molecule has 1 aliphatic heterocycles. The van der Waals surface area contributed by atoms with E-state index in [0.717, 1.165) is 0 Å². The molecule has 0 spiro atoms. The van der Waals surface area contributed by atoms with Gasteiger partial charge in [0.05, 0.1) is 30.3 Å². The Morgan fingerprint density at radius 2 is 1.91 bits per heavy atom. The number of hydrogen-bond donors (Lipinski definition) is 2. The number of benzene rings is 1. The van der Waals surface area contributed by atoms with E-state index in [1.165, 1.54) is 10.6 Å². The maximum absolute atomic E-state index is 13.5. The first-order valence-corrected chi connectivity index (χ1v) is 10.9. The van der Waals surface area contributed by atoms with E-state index >= 15 is 0 Å². The zero-order valence-electron chi connectivity index (χ0n) is 18.7. The van der Waals surface area contributed by atoms with Gasteiger partial charge in [0.1, 0.15) is 11.4 Å². The molecule has 1 fully saturated rings. The molecule has 2 aromatic heterocycles. The van der Waals surface area contributed by atoms with Crippen molar-refractivity contribution >= 4 is 29.1 Å². The van der Waals surface area contributed by atoms with Crippen LogP contribution in [0.3, 0.4) is 0 Å². The van der Waals surface area contributed by atoms with Gasteiger partial charge in [0.2, 0.25) is 5.91 Å². The van der Waals surface area contributed by atoms with Crippen molar-refractivity contribution in [3.05, 3.63) is 76.3 Å². The van der Waals surface area contributed by atoms with Crippen LogP contribution in [-0.2, 0) is 4.74 Å². The van der Waals surface area contributed by atoms with Crippen LogP contribution in [0.25, 0.3) is 5.69 Å². The van der Waals surface area contributed by atoms with Crippen LogP contribution in [0.5, 0.6) is 0 Å². The number of pyridine rings is 2. The van der Waals surface area contributed by atoms with Crippen LogP contribution in [0.1, 0.15) is 27.6 Å². The zero-order valence-corrected chi connectivity index (χ0v) is 18.7. The standard InChI is InChI=1S/C24H25N5O5/c1-2-28(20-5-3-4-9-26-20)18-8-10-29(23(31)21(18)24(32)33)17-7-6-16(22(25)30)15-19(17)27-11-13-34-14-12-27/h3-10,15H,2,11-14H2,1H3,(H2,25,30)(H,32,33). The number of ether oxygens (including phenoxy) is 1. The summed E-state index contributed by atoms with van der Waals surface area (Å²) in [5, 5.41) is 10.00. The van der Waals surface area contributed by atoms with Gasteiger partial charge in [-0.05, 0) is 43.3 Å². The van der Waals surface area contributed by atoms with Gasteiger partial charge in [0.15, 0.2) is 0 Å². The van der Waals surface area contributed by atoms with Gasteiger partial charge < -0.3 is 25.4 Å². The fraction of sp³-hybridized carbons (Fsp3) is 0.250. The van der Waals surface area contributed by atoms with E-state index < -0.39 is 17.4 Å². The van der Waals surface area contributed by atoms with Crippen LogP contribution in [0.4, 0.5) is 17.2 Å². The monoisotopic (exact) mass is 463 g/mol. The lowest BCUT2D eigenvalue weighted by Crippen LogP contribution is -2.38. The van der Waals surface area contributed by atoms with Gasteiger partial charge in [-0.2, -0.15) is 0 Å². The summed E-state index contributed by atoms with van der Waals surface area (Å²) in [7, 11) is 0. The summed E-state index contributed by atoms with van der Waals surface area (Å²) in [5.74, 6) is -1.40. The molecule has 0 bridgehead atoms. The van der Waals surface area contributed by atoms with Gasteiger partial charge in [-0.3, -0.25) is 14.2 Å². The van der Waals surface area contributed by atoms with Crippen LogP contribution in [-0.4, -0.2) is 59.4 Å². The van der Waals surface area contributed by atoms with E-state index in [2.05, 4.69) is 4.98 Å². The van der Waals surface area contributed by atoms with Crippen molar-refractivity contribution in [3.63, 3.8) is 0 Å². The minimum Gasteiger partial charge on any atom is -0.477 e. The number of aromatic nitrogens is 2. The summed E-state index contributed by atoms with van der Waals surface area (Å²) < 4.78 is 6.71. The molecule has 0 saturated carbocycles. The second-order valence-corrected chi connectivity index (χ2v) is 7.66. The molecule has 10 nitrogen and oxygen atoms in total. The smallest absolute Gasteiger partial charge is 0.343 e. The molecular formula is C24H25N5O5. The number of hydrogen-bond acceptors (Lipinski definition) is 7. The molecule has 1 amide bonds. The third kappa shape index (κ3) is 4.35. The number of aromatic carboxylic acids is 1. The quantitative estimate of drug-likeness (QED) is 0.544. The highest BCUT2D eigenvalue weighted by atomic mass is 16.5. The van der Waals surface area contributed by atoms with Gasteiger partial charge in [-0.1, -0.05) is 6.07 Å². The Hall–Kier alpha value is -4.18. The second-order valence-electron chi connectivity index (χ2n) is 7.66. The maximum Gasteiger partial charge on any atom is 0.343 e. The first kappa shape index (κ1) is 23.0. The third-order valence-electron chi connectivity index (χ3n) is 5.69. The summed E-state index contributed by atoms with van der Waals surface area (Å²) in [4.78, 5) is 45.6. The molecule has 4 rings (SSSR count). The molecule has 0 radical (unpaired) electrons. The van der Waals surface area contributed by atoms with Crippen molar-refractivity contribution in [2.75, 3.05) is 42.6 Å². The summed E-state index contributed by atoms with van der Waals surface area (Å²) in [6.45, 7) is 4.35. The Labute approximate surface area is 195 Å². The number of rotatable bonds is 7. The molecule has 176 valence electrons. The van der Waals surface area contributed by atoms with E-state index in [1.807, 2.05) is 11.8 Å². The Morgan fingerprint density at radius 1 is 1.15 bits per heavy atom. The number of nitrogens with zero attached hydrogens (tertiary/aromatic N) is 4. The zero-order chi connectivity index (χ0) is 24.2. The fourth-order valence-corrected chi connectivity index (χ4v) is 4.05. The minimum atomic E-state index is -1.34. The van der Waals surface area contributed by atoms with E-state index in [0.29, 0.717) is 55.6 Å². The van der Waals surface area contributed by atoms with Crippen LogP contribution in [0.15, 0.2) is 59.7 Å². The highest BCUT2D eigenvalue weighted by Gasteiger charge is 2.25. The SMILES string of the molecule is CCN(c1ccccn1)c1ccn(-c2ccc(C(N)=O)cc2N2CCOCC2)c(=O)c1C(=O)O. The van der Waals surface area contributed by atoms with Crippen molar-refractivity contribution in [1.82, 2.24) is 9.55 Å². The molecular weight excluding hydrogens is 438 g/mol. The molecule has 1 aliphatic rings. The van der Waals surface area contributed by atoms with E-state index in [-0.39, 0.29) is 11.3 Å². The Bertz CT molecular complexity index is 1270. The average molecular weight is 463 g/mol. The number of carbonyl (C=O) groups is 2. The number of carboxylic acid groups (broad SMARTS) is 1. The predicted molar refractivity (Wildman–Crippen MR) is 127 cm³/mol. The third-order valence-corrected chi connectivity index (χ3v) is 5.69. The molecule has 0 atom stereocenters. The lowest BCUT2D eigenvalue weighted by Gasteiger charge is -2.31. The topological polar surface area (TPSA) is 131 Å². The number of primary amides is 1. The Morgan fingerprint density at radius 3 is 2.53 bits per heavy atom. The molecule has 3 N–H and O–H groups in total. The first-order chi connectivity index (χ1) is 16.4. The van der Waals surface area contributed by atoms with Crippen molar-refractivity contribution in [2.24, 2.45) is 5.73 Å². The largest absolute Gasteiger partial charge is 0.477 e. The summed E-state index contributed by atoms with van der Waals surface area (Å²) in [6.07, 6.45) is 3.15. The van der Waals surface area contributed by atoms with Crippen molar-refractivity contribution in [2.45, 2.75) is 6.92 Å². The van der Waals surface area contributed by atoms with Gasteiger partial charge in [-0.15, -0.1) is 0 Å². The molecule has 3 aromatic rings. The minimum absolute atomic E-state index is 0.247.